The molecule has 0 aromatic heterocycles. The third-order valence-electron chi connectivity index (χ3n) is 3.91. The van der Waals surface area contributed by atoms with Gasteiger partial charge in [0.05, 0.1) is 0 Å². The number of benzene rings is 1. The van der Waals surface area contributed by atoms with Crippen molar-refractivity contribution in [3.63, 3.8) is 0 Å². The summed E-state index contributed by atoms with van der Waals surface area (Å²) in [5.74, 6) is 0.703. The molecule has 1 saturated carbocycles. The maximum atomic E-state index is 12.3. The highest BCUT2D eigenvalue weighted by atomic mass is 16.5. The molecule has 1 fully saturated rings. The summed E-state index contributed by atoms with van der Waals surface area (Å²) in [6.07, 6.45) is 2.59. The van der Waals surface area contributed by atoms with E-state index in [1.165, 1.54) is 5.56 Å². The van der Waals surface area contributed by atoms with Crippen molar-refractivity contribution in [2.45, 2.75) is 58.5 Å². The highest BCUT2D eigenvalue weighted by Gasteiger charge is 2.36. The van der Waals surface area contributed by atoms with Gasteiger partial charge in [-0.05, 0) is 42.2 Å². The number of carbonyl (C=O) groups excluding carboxylic acids is 1. The minimum Gasteiger partial charge on any atom is -0.370 e. The third-order valence-corrected chi connectivity index (χ3v) is 3.91. The van der Waals surface area contributed by atoms with E-state index in [0.29, 0.717) is 18.9 Å². The summed E-state index contributed by atoms with van der Waals surface area (Å²) in [7, 11) is 0. The smallest absolute Gasteiger partial charge is 0.166 e. The molecule has 1 aliphatic carbocycles. The number of hydrogen-bond donors (Lipinski definition) is 0. The van der Waals surface area contributed by atoms with Crippen LogP contribution in [-0.4, -0.2) is 18.5 Å². The van der Waals surface area contributed by atoms with Crippen LogP contribution in [0, 0.1) is 5.92 Å². The Balaban J connectivity index is 2.00. The van der Waals surface area contributed by atoms with Crippen molar-refractivity contribution in [1.29, 1.82) is 0 Å². The Morgan fingerprint density at radius 3 is 2.30 bits per heavy atom. The number of ether oxygens (including phenoxy) is 1. The van der Waals surface area contributed by atoms with E-state index < -0.39 is 0 Å². The molecular formula is C18H26O2. The van der Waals surface area contributed by atoms with Gasteiger partial charge < -0.3 is 4.74 Å². The molecule has 110 valence electrons. The lowest BCUT2D eigenvalue weighted by Gasteiger charge is -2.19. The van der Waals surface area contributed by atoms with Gasteiger partial charge in [0.15, 0.2) is 5.78 Å². The fraction of sp³-hybridized carbons (Fsp3) is 0.611. The molecule has 0 amide bonds. The molecule has 0 radical (unpaired) electrons. The summed E-state index contributed by atoms with van der Waals surface area (Å²) >= 11 is 0. The first kappa shape index (κ1) is 15.2. The van der Waals surface area contributed by atoms with Gasteiger partial charge in [-0.1, -0.05) is 45.0 Å². The molecule has 0 spiro atoms. The van der Waals surface area contributed by atoms with Crippen LogP contribution in [0.15, 0.2) is 24.3 Å². The van der Waals surface area contributed by atoms with Crippen molar-refractivity contribution in [3.05, 3.63) is 35.4 Å². The molecule has 1 atom stereocenters. The highest BCUT2D eigenvalue weighted by Crippen LogP contribution is 2.35. The van der Waals surface area contributed by atoms with Crippen molar-refractivity contribution in [1.82, 2.24) is 0 Å². The fourth-order valence-electron chi connectivity index (χ4n) is 2.49. The van der Waals surface area contributed by atoms with Gasteiger partial charge in [0.25, 0.3) is 0 Å². The number of rotatable bonds is 6. The first-order chi connectivity index (χ1) is 9.41. The number of carbonyl (C=O) groups is 1. The Bertz CT molecular complexity index is 449. The number of ketones is 1. The Hall–Kier alpha value is -1.15. The molecule has 0 bridgehead atoms. The van der Waals surface area contributed by atoms with Crippen LogP contribution < -0.4 is 0 Å². The fourth-order valence-corrected chi connectivity index (χ4v) is 2.49. The molecule has 1 aromatic carbocycles. The van der Waals surface area contributed by atoms with Gasteiger partial charge in [-0.2, -0.15) is 0 Å². The van der Waals surface area contributed by atoms with Gasteiger partial charge in [0, 0.05) is 13.0 Å². The molecule has 0 N–H and O–H groups in total. The minimum absolute atomic E-state index is 0.157. The molecule has 0 heterocycles. The van der Waals surface area contributed by atoms with Crippen molar-refractivity contribution < 1.29 is 9.53 Å². The van der Waals surface area contributed by atoms with E-state index in [-0.39, 0.29) is 17.3 Å². The van der Waals surface area contributed by atoms with E-state index >= 15 is 0 Å². The van der Waals surface area contributed by atoms with Crippen LogP contribution in [0.4, 0.5) is 0 Å². The molecule has 2 nitrogen and oxygen atoms in total. The zero-order valence-corrected chi connectivity index (χ0v) is 13.1. The Kier molecular flexibility index (Phi) is 4.64. The van der Waals surface area contributed by atoms with Gasteiger partial charge in [-0.25, -0.2) is 0 Å². The third kappa shape index (κ3) is 3.92. The summed E-state index contributed by atoms with van der Waals surface area (Å²) in [5.41, 5.74) is 2.55. The van der Waals surface area contributed by atoms with Crippen molar-refractivity contribution >= 4 is 5.78 Å². The largest absolute Gasteiger partial charge is 0.370 e. The van der Waals surface area contributed by atoms with Gasteiger partial charge in [-0.15, -0.1) is 0 Å². The van der Waals surface area contributed by atoms with Crippen molar-refractivity contribution in [2.75, 3.05) is 6.61 Å². The Morgan fingerprint density at radius 2 is 1.85 bits per heavy atom. The van der Waals surface area contributed by atoms with Gasteiger partial charge in [-0.3, -0.25) is 4.79 Å². The summed E-state index contributed by atoms with van der Waals surface area (Å²) in [4.78, 5) is 12.3. The molecule has 0 aliphatic heterocycles. The minimum atomic E-state index is -0.178. The second-order valence-corrected chi connectivity index (χ2v) is 6.80. The summed E-state index contributed by atoms with van der Waals surface area (Å²) < 4.78 is 5.63. The lowest BCUT2D eigenvalue weighted by Crippen LogP contribution is -2.28. The van der Waals surface area contributed by atoms with Gasteiger partial charge >= 0.3 is 0 Å². The number of Topliss-reactive ketones (excluding diaryl/α,β-unsaturated/α-hetero) is 1. The van der Waals surface area contributed by atoms with Gasteiger partial charge in [0.1, 0.15) is 6.10 Å². The average Bonchev–Trinajstić information content (AvgIpc) is 3.19. The molecule has 2 rings (SSSR count). The van der Waals surface area contributed by atoms with Gasteiger partial charge in [0.2, 0.25) is 0 Å². The van der Waals surface area contributed by atoms with Crippen LogP contribution in [0.25, 0.3) is 0 Å². The molecule has 1 aliphatic rings. The van der Waals surface area contributed by atoms with Crippen LogP contribution in [0.3, 0.4) is 0 Å². The molecule has 0 saturated heterocycles. The van der Waals surface area contributed by atoms with E-state index in [1.807, 2.05) is 6.92 Å². The van der Waals surface area contributed by atoms with Crippen molar-refractivity contribution in [2.24, 2.45) is 5.92 Å². The molecule has 1 unspecified atom stereocenters. The quantitative estimate of drug-likeness (QED) is 0.786. The van der Waals surface area contributed by atoms with Crippen molar-refractivity contribution in [3.8, 4) is 0 Å². The number of hydrogen-bond acceptors (Lipinski definition) is 2. The van der Waals surface area contributed by atoms with Crippen LogP contribution in [0.1, 0.15) is 51.7 Å². The first-order valence-corrected chi connectivity index (χ1v) is 7.65. The van der Waals surface area contributed by atoms with Crippen LogP contribution in [0.2, 0.25) is 0 Å². The average molecular weight is 274 g/mol. The summed E-state index contributed by atoms with van der Waals surface area (Å²) in [6, 6.07) is 8.42. The second kappa shape index (κ2) is 6.09. The predicted molar refractivity (Wildman–Crippen MR) is 82.0 cm³/mol. The monoisotopic (exact) mass is 274 g/mol. The highest BCUT2D eigenvalue weighted by molar-refractivity contribution is 5.85. The van der Waals surface area contributed by atoms with Crippen LogP contribution in [0.5, 0.6) is 0 Å². The standard InChI is InChI=1S/C18H26O2/c1-5-20-17(14-8-9-14)16(19)12-13-6-10-15(11-7-13)18(2,3)4/h6-7,10-11,14,17H,5,8-9,12H2,1-4H3. The first-order valence-electron chi connectivity index (χ1n) is 7.65. The zero-order chi connectivity index (χ0) is 14.8. The van der Waals surface area contributed by atoms with E-state index in [1.54, 1.807) is 0 Å². The van der Waals surface area contributed by atoms with E-state index in [4.69, 9.17) is 4.74 Å². The maximum absolute atomic E-state index is 12.3. The van der Waals surface area contributed by atoms with E-state index in [0.717, 1.165) is 18.4 Å². The lowest BCUT2D eigenvalue weighted by molar-refractivity contribution is -0.130. The Labute approximate surface area is 122 Å². The van der Waals surface area contributed by atoms with Crippen LogP contribution in [-0.2, 0) is 21.4 Å². The lowest BCUT2D eigenvalue weighted by atomic mass is 9.86. The van der Waals surface area contributed by atoms with E-state index in [2.05, 4.69) is 45.0 Å². The Morgan fingerprint density at radius 1 is 1.25 bits per heavy atom. The second-order valence-electron chi connectivity index (χ2n) is 6.80. The molecular weight excluding hydrogens is 248 g/mol. The molecule has 1 aromatic rings. The molecule has 20 heavy (non-hydrogen) atoms. The van der Waals surface area contributed by atoms with E-state index in [9.17, 15) is 4.79 Å². The topological polar surface area (TPSA) is 26.3 Å². The van der Waals surface area contributed by atoms with Crippen LogP contribution >= 0.6 is 0 Å². The normalized spacial score (nSPS) is 17.0. The molecule has 2 heteroatoms. The summed E-state index contributed by atoms with van der Waals surface area (Å²) in [6.45, 7) is 9.18. The maximum Gasteiger partial charge on any atom is 0.166 e. The SMILES string of the molecule is CCOC(C(=O)Cc1ccc(C(C)(C)C)cc1)C1CC1. The summed E-state index contributed by atoms with van der Waals surface area (Å²) in [5, 5.41) is 0. The zero-order valence-electron chi connectivity index (χ0n) is 13.1. The predicted octanol–water partition coefficient (Wildman–Crippen LogP) is 3.91.